The molecule has 3 aromatic rings. The largest absolute Gasteiger partial charge is 0.454 e. The number of benzene rings is 2. The molecule has 25 heavy (non-hydrogen) atoms. The molecule has 0 radical (unpaired) electrons. The number of ether oxygens (including phenoxy) is 2. The van der Waals surface area contributed by atoms with E-state index in [1.54, 1.807) is 30.7 Å². The van der Waals surface area contributed by atoms with Gasteiger partial charge in [-0.15, -0.1) is 0 Å². The number of nitrogens with zero attached hydrogens (tertiary/aromatic N) is 2. The number of fused-ring (bicyclic) bond motifs is 1. The van der Waals surface area contributed by atoms with Crippen LogP contribution in [0.3, 0.4) is 0 Å². The van der Waals surface area contributed by atoms with E-state index in [0.29, 0.717) is 23.6 Å². The molecule has 0 unspecified atom stereocenters. The molecule has 6 heteroatoms. The summed E-state index contributed by atoms with van der Waals surface area (Å²) in [6.45, 7) is 0.786. The number of hydrogen-bond donors (Lipinski definition) is 1. The molecule has 0 fully saturated rings. The quantitative estimate of drug-likeness (QED) is 0.779. The fraction of sp³-hybridized carbons (Fsp3) is 0.158. The van der Waals surface area contributed by atoms with Gasteiger partial charge < -0.3 is 19.4 Å². The zero-order valence-electron chi connectivity index (χ0n) is 13.5. The van der Waals surface area contributed by atoms with Gasteiger partial charge in [0.2, 0.25) is 6.79 Å². The van der Waals surface area contributed by atoms with Crippen molar-refractivity contribution in [2.75, 3.05) is 6.79 Å². The Morgan fingerprint density at radius 2 is 2.00 bits per heavy atom. The van der Waals surface area contributed by atoms with Gasteiger partial charge in [0.05, 0.1) is 12.4 Å². The highest BCUT2D eigenvalue weighted by Crippen LogP contribution is 2.32. The molecule has 2 heterocycles. The van der Waals surface area contributed by atoms with Gasteiger partial charge >= 0.3 is 0 Å². The van der Waals surface area contributed by atoms with Crippen LogP contribution in [0.1, 0.15) is 22.0 Å². The summed E-state index contributed by atoms with van der Waals surface area (Å²) in [4.78, 5) is 16.8. The van der Waals surface area contributed by atoms with Crippen LogP contribution in [0.5, 0.6) is 11.5 Å². The normalized spacial score (nSPS) is 13.4. The Kier molecular flexibility index (Phi) is 4.08. The standard InChI is InChI=1S/C19H17N3O3/c23-19(15-6-7-17-18(10-15)25-13-24-17)21-16(11-22-9-8-20-12-22)14-4-2-1-3-5-14/h1-10,12,16H,11,13H2,(H,21,23)/t16-/m1/s1. The second-order valence-corrected chi connectivity index (χ2v) is 5.76. The molecule has 6 nitrogen and oxygen atoms in total. The molecule has 1 aliphatic heterocycles. The van der Waals surface area contributed by atoms with E-state index in [0.717, 1.165) is 5.56 Å². The molecule has 1 aliphatic rings. The third-order valence-corrected chi connectivity index (χ3v) is 4.09. The number of imidazole rings is 1. The molecule has 126 valence electrons. The number of nitrogens with one attached hydrogen (secondary N) is 1. The zero-order chi connectivity index (χ0) is 17.1. The molecule has 0 saturated heterocycles. The lowest BCUT2D eigenvalue weighted by atomic mass is 10.1. The first-order valence-corrected chi connectivity index (χ1v) is 8.01. The van der Waals surface area contributed by atoms with Crippen molar-refractivity contribution >= 4 is 5.91 Å². The minimum atomic E-state index is -0.173. The molecule has 0 bridgehead atoms. The van der Waals surface area contributed by atoms with Crippen LogP contribution in [0.25, 0.3) is 0 Å². The monoisotopic (exact) mass is 335 g/mol. The topological polar surface area (TPSA) is 65.4 Å². The molecule has 1 aromatic heterocycles. The Bertz CT molecular complexity index is 863. The Morgan fingerprint density at radius 1 is 1.16 bits per heavy atom. The van der Waals surface area contributed by atoms with Crippen molar-refractivity contribution in [3.05, 3.63) is 78.4 Å². The number of carbonyl (C=O) groups excluding carboxylic acids is 1. The van der Waals surface area contributed by atoms with Gasteiger partial charge in [0.1, 0.15) is 0 Å². The second kappa shape index (κ2) is 6.68. The summed E-state index contributed by atoms with van der Waals surface area (Å²) >= 11 is 0. The third-order valence-electron chi connectivity index (χ3n) is 4.09. The first-order valence-electron chi connectivity index (χ1n) is 8.01. The van der Waals surface area contributed by atoms with E-state index in [9.17, 15) is 4.79 Å². The van der Waals surface area contributed by atoms with E-state index in [2.05, 4.69) is 10.3 Å². The van der Waals surface area contributed by atoms with Crippen LogP contribution in [0, 0.1) is 0 Å². The van der Waals surface area contributed by atoms with Gasteiger partial charge in [0.15, 0.2) is 11.5 Å². The lowest BCUT2D eigenvalue weighted by Gasteiger charge is -2.20. The van der Waals surface area contributed by atoms with Gasteiger partial charge in [-0.2, -0.15) is 0 Å². The van der Waals surface area contributed by atoms with Gasteiger partial charge in [-0.3, -0.25) is 4.79 Å². The molecule has 2 aromatic carbocycles. The first-order chi connectivity index (χ1) is 12.3. The molecule has 1 atom stereocenters. The van der Waals surface area contributed by atoms with Gasteiger partial charge in [0, 0.05) is 24.5 Å². The molecule has 1 amide bonds. The van der Waals surface area contributed by atoms with E-state index in [4.69, 9.17) is 9.47 Å². The minimum absolute atomic E-state index is 0.160. The van der Waals surface area contributed by atoms with Crippen LogP contribution in [-0.2, 0) is 6.54 Å². The van der Waals surface area contributed by atoms with Gasteiger partial charge in [0.25, 0.3) is 5.91 Å². The summed E-state index contributed by atoms with van der Waals surface area (Å²) in [6, 6.07) is 14.9. The Hall–Kier alpha value is -3.28. The van der Waals surface area contributed by atoms with Crippen LogP contribution in [0.4, 0.5) is 0 Å². The smallest absolute Gasteiger partial charge is 0.251 e. The van der Waals surface area contributed by atoms with Crippen LogP contribution >= 0.6 is 0 Å². The maximum Gasteiger partial charge on any atom is 0.251 e. The molecule has 4 rings (SSSR count). The zero-order valence-corrected chi connectivity index (χ0v) is 13.5. The fourth-order valence-electron chi connectivity index (χ4n) is 2.80. The lowest BCUT2D eigenvalue weighted by Crippen LogP contribution is -2.31. The second-order valence-electron chi connectivity index (χ2n) is 5.76. The van der Waals surface area contributed by atoms with Crippen molar-refractivity contribution in [3.8, 4) is 11.5 Å². The maximum atomic E-state index is 12.7. The van der Waals surface area contributed by atoms with Gasteiger partial charge in [-0.25, -0.2) is 4.98 Å². The van der Waals surface area contributed by atoms with E-state index >= 15 is 0 Å². The SMILES string of the molecule is O=C(N[C@H](Cn1ccnc1)c1ccccc1)c1ccc2c(c1)OCO2. The number of carbonyl (C=O) groups is 1. The number of rotatable bonds is 5. The molecule has 0 spiro atoms. The van der Waals surface area contributed by atoms with Gasteiger partial charge in [-0.05, 0) is 23.8 Å². The molecular formula is C19H17N3O3. The van der Waals surface area contributed by atoms with E-state index < -0.39 is 0 Å². The maximum absolute atomic E-state index is 12.7. The first kappa shape index (κ1) is 15.3. The van der Waals surface area contributed by atoms with Crippen LogP contribution < -0.4 is 14.8 Å². The number of hydrogen-bond acceptors (Lipinski definition) is 4. The summed E-state index contributed by atoms with van der Waals surface area (Å²) in [5.41, 5.74) is 1.57. The minimum Gasteiger partial charge on any atom is -0.454 e. The highest BCUT2D eigenvalue weighted by molar-refractivity contribution is 5.95. The summed E-state index contributed by atoms with van der Waals surface area (Å²) in [5, 5.41) is 3.10. The molecule has 0 aliphatic carbocycles. The Morgan fingerprint density at radius 3 is 2.80 bits per heavy atom. The Balaban J connectivity index is 1.56. The van der Waals surface area contributed by atoms with Crippen LogP contribution in [0.15, 0.2) is 67.3 Å². The lowest BCUT2D eigenvalue weighted by molar-refractivity contribution is 0.0932. The molecule has 0 saturated carbocycles. The van der Waals surface area contributed by atoms with Crippen LogP contribution in [0.2, 0.25) is 0 Å². The van der Waals surface area contributed by atoms with Crippen molar-refractivity contribution < 1.29 is 14.3 Å². The molecule has 1 N–H and O–H groups in total. The van der Waals surface area contributed by atoms with Crippen LogP contribution in [-0.4, -0.2) is 22.3 Å². The van der Waals surface area contributed by atoms with Crippen molar-refractivity contribution in [2.24, 2.45) is 0 Å². The predicted molar refractivity (Wildman–Crippen MR) is 91.4 cm³/mol. The average Bonchev–Trinajstić information content (AvgIpc) is 3.32. The van der Waals surface area contributed by atoms with E-state index in [1.165, 1.54) is 0 Å². The average molecular weight is 335 g/mol. The van der Waals surface area contributed by atoms with E-state index in [1.807, 2.05) is 41.1 Å². The predicted octanol–water partition coefficient (Wildman–Crippen LogP) is 2.78. The summed E-state index contributed by atoms with van der Waals surface area (Å²) in [5.74, 6) is 1.10. The third kappa shape index (κ3) is 3.33. The fourth-order valence-corrected chi connectivity index (χ4v) is 2.80. The summed E-state index contributed by atoms with van der Waals surface area (Å²) in [7, 11) is 0. The highest BCUT2D eigenvalue weighted by Gasteiger charge is 2.19. The summed E-state index contributed by atoms with van der Waals surface area (Å²) < 4.78 is 12.6. The molecular weight excluding hydrogens is 318 g/mol. The highest BCUT2D eigenvalue weighted by atomic mass is 16.7. The van der Waals surface area contributed by atoms with E-state index in [-0.39, 0.29) is 18.7 Å². The summed E-state index contributed by atoms with van der Waals surface area (Å²) in [6.07, 6.45) is 5.34. The van der Waals surface area contributed by atoms with Crippen molar-refractivity contribution in [1.29, 1.82) is 0 Å². The number of amides is 1. The van der Waals surface area contributed by atoms with Crippen molar-refractivity contribution in [1.82, 2.24) is 14.9 Å². The van der Waals surface area contributed by atoms with Crippen molar-refractivity contribution in [3.63, 3.8) is 0 Å². The number of aromatic nitrogens is 2. The van der Waals surface area contributed by atoms with Crippen molar-refractivity contribution in [2.45, 2.75) is 12.6 Å². The van der Waals surface area contributed by atoms with Gasteiger partial charge in [-0.1, -0.05) is 30.3 Å². The Labute approximate surface area is 145 Å².